The van der Waals surface area contributed by atoms with E-state index in [1.54, 1.807) is 0 Å². The molecule has 1 aromatic heterocycles. The zero-order chi connectivity index (χ0) is 22.1. The molecule has 31 heavy (non-hydrogen) atoms. The summed E-state index contributed by atoms with van der Waals surface area (Å²) in [5, 5.41) is 13.0. The predicted octanol–water partition coefficient (Wildman–Crippen LogP) is 7.50. The summed E-state index contributed by atoms with van der Waals surface area (Å²) in [4.78, 5) is 4.64. The highest BCUT2D eigenvalue weighted by Gasteiger charge is 2.11. The Morgan fingerprint density at radius 2 is 1.90 bits per heavy atom. The summed E-state index contributed by atoms with van der Waals surface area (Å²) in [5.74, 6) is 1.42. The van der Waals surface area contributed by atoms with Gasteiger partial charge in [-0.25, -0.2) is 4.98 Å². The van der Waals surface area contributed by atoms with Crippen LogP contribution in [0.1, 0.15) is 43.7 Å². The van der Waals surface area contributed by atoms with Crippen molar-refractivity contribution in [1.29, 1.82) is 5.26 Å². The maximum atomic E-state index is 9.73. The van der Waals surface area contributed by atoms with Gasteiger partial charge in [0.2, 0.25) is 0 Å². The zero-order valence-corrected chi connectivity index (χ0v) is 19.3. The average Bonchev–Trinajstić information content (AvgIpc) is 3.27. The molecule has 0 unspecified atom stereocenters. The fraction of sp³-hybridized carbons (Fsp3) is 0.280. The van der Waals surface area contributed by atoms with Crippen molar-refractivity contribution in [2.24, 2.45) is 0 Å². The molecule has 0 amide bonds. The number of hydrogen-bond acceptors (Lipinski definition) is 5. The highest BCUT2D eigenvalue weighted by Crippen LogP contribution is 2.32. The molecule has 0 fully saturated rings. The minimum absolute atomic E-state index is 0.504. The second kappa shape index (κ2) is 11.5. The lowest BCUT2D eigenvalue weighted by Gasteiger charge is -2.12. The summed E-state index contributed by atoms with van der Waals surface area (Å²) in [6, 6.07) is 15.5. The Morgan fingerprint density at radius 3 is 2.61 bits per heavy atom. The number of halogens is 1. The zero-order valence-electron chi connectivity index (χ0n) is 17.7. The Bertz CT molecular complexity index is 1070. The van der Waals surface area contributed by atoms with Crippen LogP contribution in [0.2, 0.25) is 5.02 Å². The molecule has 160 valence electrons. The van der Waals surface area contributed by atoms with Crippen molar-refractivity contribution in [3.05, 3.63) is 63.4 Å². The maximum Gasteiger partial charge on any atom is 0.161 e. The van der Waals surface area contributed by atoms with Crippen LogP contribution in [0.15, 0.2) is 47.8 Å². The summed E-state index contributed by atoms with van der Waals surface area (Å²) >= 11 is 7.41. The molecule has 0 aliphatic rings. The number of benzene rings is 2. The Labute approximate surface area is 192 Å². The molecule has 0 spiro atoms. The standard InChI is InChI=1S/C25H25ClN2O2S/c1-3-5-6-13-30-23-12-7-18(15-24(23)29-4-2)14-20(16-27)25-28-22(17-31-25)19-8-10-21(26)11-9-19/h7-12,14-15,17H,3-6,13H2,1-2H3/b20-14-. The number of nitriles is 1. The van der Waals surface area contributed by atoms with Crippen LogP contribution in [0.4, 0.5) is 0 Å². The molecule has 0 atom stereocenters. The average molecular weight is 453 g/mol. The molecule has 0 saturated heterocycles. The first kappa shape index (κ1) is 22.9. The lowest BCUT2D eigenvalue weighted by Crippen LogP contribution is -2.01. The van der Waals surface area contributed by atoms with Gasteiger partial charge in [0.15, 0.2) is 11.5 Å². The minimum atomic E-state index is 0.504. The van der Waals surface area contributed by atoms with Crippen molar-refractivity contribution in [3.8, 4) is 28.8 Å². The fourth-order valence-corrected chi connectivity index (χ4v) is 3.92. The fourth-order valence-electron chi connectivity index (χ4n) is 3.00. The van der Waals surface area contributed by atoms with E-state index in [1.807, 2.05) is 60.8 Å². The number of rotatable bonds is 10. The van der Waals surface area contributed by atoms with Gasteiger partial charge in [0.1, 0.15) is 11.1 Å². The van der Waals surface area contributed by atoms with Crippen LogP contribution in [-0.4, -0.2) is 18.2 Å². The highest BCUT2D eigenvalue weighted by molar-refractivity contribution is 7.11. The molecule has 0 aliphatic carbocycles. The van der Waals surface area contributed by atoms with E-state index in [2.05, 4.69) is 18.0 Å². The normalized spacial score (nSPS) is 11.2. The van der Waals surface area contributed by atoms with Crippen LogP contribution in [0.25, 0.3) is 22.9 Å². The number of aromatic nitrogens is 1. The van der Waals surface area contributed by atoms with E-state index >= 15 is 0 Å². The molecule has 4 nitrogen and oxygen atoms in total. The predicted molar refractivity (Wildman–Crippen MR) is 129 cm³/mol. The number of unbranched alkanes of at least 4 members (excludes halogenated alkanes) is 2. The molecular weight excluding hydrogens is 428 g/mol. The summed E-state index contributed by atoms with van der Waals surface area (Å²) < 4.78 is 11.7. The molecule has 1 heterocycles. The summed E-state index contributed by atoms with van der Waals surface area (Å²) in [6.45, 7) is 5.32. The number of ether oxygens (including phenoxy) is 2. The van der Waals surface area contributed by atoms with Gasteiger partial charge >= 0.3 is 0 Å². The van der Waals surface area contributed by atoms with Gasteiger partial charge in [-0.05, 0) is 49.2 Å². The maximum absolute atomic E-state index is 9.73. The van der Waals surface area contributed by atoms with Gasteiger partial charge < -0.3 is 9.47 Å². The first-order chi connectivity index (χ1) is 15.1. The van der Waals surface area contributed by atoms with E-state index in [4.69, 9.17) is 21.1 Å². The van der Waals surface area contributed by atoms with Crippen molar-refractivity contribution in [2.75, 3.05) is 13.2 Å². The van der Waals surface area contributed by atoms with Crippen molar-refractivity contribution < 1.29 is 9.47 Å². The largest absolute Gasteiger partial charge is 0.490 e. The van der Waals surface area contributed by atoms with Crippen LogP contribution in [0.3, 0.4) is 0 Å². The van der Waals surface area contributed by atoms with E-state index in [-0.39, 0.29) is 0 Å². The second-order valence-electron chi connectivity index (χ2n) is 6.91. The summed E-state index contributed by atoms with van der Waals surface area (Å²) in [6.07, 6.45) is 5.14. The smallest absolute Gasteiger partial charge is 0.161 e. The van der Waals surface area contributed by atoms with Crippen LogP contribution in [-0.2, 0) is 0 Å². The van der Waals surface area contributed by atoms with Gasteiger partial charge in [0, 0.05) is 16.0 Å². The Kier molecular flexibility index (Phi) is 8.52. The highest BCUT2D eigenvalue weighted by atomic mass is 35.5. The first-order valence-corrected chi connectivity index (χ1v) is 11.6. The van der Waals surface area contributed by atoms with Crippen LogP contribution in [0, 0.1) is 11.3 Å². The molecular formula is C25H25ClN2O2S. The van der Waals surface area contributed by atoms with Gasteiger partial charge in [-0.2, -0.15) is 5.26 Å². The van der Waals surface area contributed by atoms with Crippen molar-refractivity contribution in [1.82, 2.24) is 4.98 Å². The van der Waals surface area contributed by atoms with E-state index in [0.29, 0.717) is 34.6 Å². The number of allylic oxidation sites excluding steroid dienone is 1. The van der Waals surface area contributed by atoms with Crippen LogP contribution >= 0.6 is 22.9 Å². The quantitative estimate of drug-likeness (QED) is 0.236. The van der Waals surface area contributed by atoms with E-state index in [1.165, 1.54) is 11.3 Å². The van der Waals surface area contributed by atoms with Gasteiger partial charge in [0.25, 0.3) is 0 Å². The third-order valence-electron chi connectivity index (χ3n) is 4.58. The third-order valence-corrected chi connectivity index (χ3v) is 5.71. The first-order valence-electron chi connectivity index (χ1n) is 10.4. The molecule has 0 bridgehead atoms. The monoisotopic (exact) mass is 452 g/mol. The van der Waals surface area contributed by atoms with Crippen LogP contribution < -0.4 is 9.47 Å². The van der Waals surface area contributed by atoms with Crippen molar-refractivity contribution >= 4 is 34.6 Å². The van der Waals surface area contributed by atoms with Gasteiger partial charge in [-0.15, -0.1) is 11.3 Å². The summed E-state index contributed by atoms with van der Waals surface area (Å²) in [5.41, 5.74) is 3.16. The number of thiazole rings is 1. The Hall–Kier alpha value is -2.81. The lowest BCUT2D eigenvalue weighted by molar-refractivity contribution is 0.271. The lowest BCUT2D eigenvalue weighted by atomic mass is 10.1. The Morgan fingerprint density at radius 1 is 1.10 bits per heavy atom. The van der Waals surface area contributed by atoms with E-state index in [9.17, 15) is 5.26 Å². The molecule has 0 saturated carbocycles. The topological polar surface area (TPSA) is 55.1 Å². The third kappa shape index (κ3) is 6.33. The summed E-state index contributed by atoms with van der Waals surface area (Å²) in [7, 11) is 0. The van der Waals surface area contributed by atoms with E-state index < -0.39 is 0 Å². The van der Waals surface area contributed by atoms with E-state index in [0.717, 1.165) is 41.8 Å². The van der Waals surface area contributed by atoms with Gasteiger partial charge in [-0.1, -0.05) is 49.6 Å². The molecule has 6 heteroatoms. The number of nitrogens with zero attached hydrogens (tertiary/aromatic N) is 2. The van der Waals surface area contributed by atoms with Crippen molar-refractivity contribution in [2.45, 2.75) is 33.1 Å². The van der Waals surface area contributed by atoms with Gasteiger partial charge in [-0.3, -0.25) is 0 Å². The molecule has 0 radical (unpaired) electrons. The van der Waals surface area contributed by atoms with Crippen LogP contribution in [0.5, 0.6) is 11.5 Å². The second-order valence-corrected chi connectivity index (χ2v) is 8.20. The molecule has 3 aromatic rings. The molecule has 0 aliphatic heterocycles. The van der Waals surface area contributed by atoms with Crippen molar-refractivity contribution in [3.63, 3.8) is 0 Å². The van der Waals surface area contributed by atoms with Gasteiger partial charge in [0.05, 0.1) is 24.5 Å². The molecule has 2 aromatic carbocycles. The molecule has 3 rings (SSSR count). The molecule has 0 N–H and O–H groups in total. The Balaban J connectivity index is 1.82. The SMILES string of the molecule is CCCCCOc1ccc(/C=C(/C#N)c2nc(-c3ccc(Cl)cc3)cs2)cc1OCC. The minimum Gasteiger partial charge on any atom is -0.490 e. The number of hydrogen-bond donors (Lipinski definition) is 0.